The highest BCUT2D eigenvalue weighted by Crippen LogP contribution is 2.32. The summed E-state index contributed by atoms with van der Waals surface area (Å²) in [7, 11) is 0. The first-order chi connectivity index (χ1) is 13.2. The van der Waals surface area contributed by atoms with Crippen LogP contribution < -0.4 is 4.90 Å². The van der Waals surface area contributed by atoms with E-state index in [1.807, 2.05) is 18.7 Å². The molecule has 2 atom stereocenters. The molecule has 2 saturated heterocycles. The Morgan fingerprint density at radius 3 is 2.39 bits per heavy atom. The van der Waals surface area contributed by atoms with Crippen molar-refractivity contribution in [3.05, 3.63) is 30.1 Å². The Kier molecular flexibility index (Phi) is 5.93. The molecule has 28 heavy (non-hydrogen) atoms. The number of rotatable bonds is 5. The van der Waals surface area contributed by atoms with E-state index in [-0.39, 0.29) is 17.6 Å². The standard InChI is InChI=1S/C21H29FN2O4/c1-14(2)13-15(18-20(26)28-21(3,4)27-18)19(25)24-11-9-23(10-12-24)17-8-6-5-7-16(17)22/h5-8,14-15,18H,9-13H2,1-4H3/t15-,18+/m0/s1. The fourth-order valence-corrected chi connectivity index (χ4v) is 3.90. The van der Waals surface area contributed by atoms with E-state index in [0.29, 0.717) is 38.3 Å². The topological polar surface area (TPSA) is 59.1 Å². The monoisotopic (exact) mass is 392 g/mol. The second-order valence-electron chi connectivity index (χ2n) is 8.36. The predicted molar refractivity (Wildman–Crippen MR) is 103 cm³/mol. The van der Waals surface area contributed by atoms with Crippen molar-refractivity contribution in [2.24, 2.45) is 11.8 Å². The SMILES string of the molecule is CC(C)C[C@H](C(=O)N1CCN(c2ccccc2F)CC1)[C@H]1OC(C)(C)OC1=O. The van der Waals surface area contributed by atoms with Crippen LogP contribution in [0.5, 0.6) is 0 Å². The van der Waals surface area contributed by atoms with Crippen LogP contribution in [0.1, 0.15) is 34.1 Å². The van der Waals surface area contributed by atoms with Gasteiger partial charge in [-0.1, -0.05) is 26.0 Å². The van der Waals surface area contributed by atoms with E-state index in [2.05, 4.69) is 0 Å². The van der Waals surface area contributed by atoms with Crippen LogP contribution >= 0.6 is 0 Å². The third-order valence-electron chi connectivity index (χ3n) is 5.18. The normalized spacial score (nSPS) is 23.1. The van der Waals surface area contributed by atoms with Gasteiger partial charge in [-0.15, -0.1) is 0 Å². The molecular formula is C21H29FN2O4. The van der Waals surface area contributed by atoms with Crippen LogP contribution in [-0.2, 0) is 19.1 Å². The maximum absolute atomic E-state index is 14.0. The zero-order valence-electron chi connectivity index (χ0n) is 17.0. The summed E-state index contributed by atoms with van der Waals surface area (Å²) in [6.07, 6.45) is -0.336. The summed E-state index contributed by atoms with van der Waals surface area (Å²) in [6.45, 7) is 9.43. The maximum atomic E-state index is 14.0. The minimum Gasteiger partial charge on any atom is -0.432 e. The number of cyclic esters (lactones) is 1. The lowest BCUT2D eigenvalue weighted by Crippen LogP contribution is -2.52. The van der Waals surface area contributed by atoms with Gasteiger partial charge in [0.15, 0.2) is 6.10 Å². The van der Waals surface area contributed by atoms with E-state index < -0.39 is 23.8 Å². The molecule has 3 rings (SSSR count). The van der Waals surface area contributed by atoms with Crippen LogP contribution in [-0.4, -0.2) is 54.8 Å². The number of anilines is 1. The van der Waals surface area contributed by atoms with E-state index in [1.165, 1.54) is 6.07 Å². The number of benzene rings is 1. The van der Waals surface area contributed by atoms with Gasteiger partial charge in [0.2, 0.25) is 11.7 Å². The summed E-state index contributed by atoms with van der Waals surface area (Å²) >= 11 is 0. The molecule has 1 aromatic rings. The smallest absolute Gasteiger partial charge is 0.338 e. The summed E-state index contributed by atoms with van der Waals surface area (Å²) < 4.78 is 25.1. The first kappa shape index (κ1) is 20.6. The number of para-hydroxylation sites is 1. The van der Waals surface area contributed by atoms with Gasteiger partial charge in [-0.3, -0.25) is 4.79 Å². The van der Waals surface area contributed by atoms with Crippen molar-refractivity contribution in [1.82, 2.24) is 4.90 Å². The van der Waals surface area contributed by atoms with Crippen molar-refractivity contribution < 1.29 is 23.5 Å². The average Bonchev–Trinajstić information content (AvgIpc) is 2.92. The number of hydrogen-bond acceptors (Lipinski definition) is 5. The Morgan fingerprint density at radius 1 is 1.21 bits per heavy atom. The summed E-state index contributed by atoms with van der Waals surface area (Å²) in [5.74, 6) is -2.19. The van der Waals surface area contributed by atoms with Gasteiger partial charge < -0.3 is 19.3 Å². The molecule has 0 unspecified atom stereocenters. The summed E-state index contributed by atoms with van der Waals surface area (Å²) in [5, 5.41) is 0. The molecule has 0 aromatic heterocycles. The van der Waals surface area contributed by atoms with Crippen molar-refractivity contribution in [1.29, 1.82) is 0 Å². The van der Waals surface area contributed by atoms with E-state index in [4.69, 9.17) is 9.47 Å². The zero-order chi connectivity index (χ0) is 20.5. The van der Waals surface area contributed by atoms with E-state index in [1.54, 1.807) is 36.9 Å². The summed E-state index contributed by atoms with van der Waals surface area (Å²) in [4.78, 5) is 29.2. The van der Waals surface area contributed by atoms with Crippen molar-refractivity contribution in [2.75, 3.05) is 31.1 Å². The molecule has 0 spiro atoms. The number of amides is 1. The maximum Gasteiger partial charge on any atom is 0.338 e. The summed E-state index contributed by atoms with van der Waals surface area (Å²) in [5.41, 5.74) is 0.554. The Morgan fingerprint density at radius 2 is 1.86 bits per heavy atom. The van der Waals surface area contributed by atoms with E-state index in [9.17, 15) is 14.0 Å². The van der Waals surface area contributed by atoms with Crippen LogP contribution in [0, 0.1) is 17.7 Å². The predicted octanol–water partition coefficient (Wildman–Crippen LogP) is 2.81. The zero-order valence-corrected chi connectivity index (χ0v) is 17.0. The fraction of sp³-hybridized carbons (Fsp3) is 0.619. The Labute approximate surface area is 165 Å². The molecule has 0 aliphatic carbocycles. The highest BCUT2D eigenvalue weighted by Gasteiger charge is 2.48. The highest BCUT2D eigenvalue weighted by atomic mass is 19.1. The van der Waals surface area contributed by atoms with E-state index >= 15 is 0 Å². The Bertz CT molecular complexity index is 729. The lowest BCUT2D eigenvalue weighted by Gasteiger charge is -2.38. The van der Waals surface area contributed by atoms with Gasteiger partial charge in [0.1, 0.15) is 5.82 Å². The largest absolute Gasteiger partial charge is 0.432 e. The third-order valence-corrected chi connectivity index (χ3v) is 5.18. The number of esters is 1. The van der Waals surface area contributed by atoms with Crippen LogP contribution in [0.15, 0.2) is 24.3 Å². The average molecular weight is 392 g/mol. The second kappa shape index (κ2) is 8.07. The Hall–Kier alpha value is -2.15. The lowest BCUT2D eigenvalue weighted by atomic mass is 9.90. The third kappa shape index (κ3) is 4.46. The molecule has 154 valence electrons. The van der Waals surface area contributed by atoms with Gasteiger partial charge in [-0.25, -0.2) is 9.18 Å². The first-order valence-electron chi connectivity index (χ1n) is 9.87. The highest BCUT2D eigenvalue weighted by molar-refractivity contribution is 5.88. The number of halogens is 1. The minimum atomic E-state index is -1.01. The molecule has 2 aliphatic rings. The molecule has 2 fully saturated rings. The molecule has 7 heteroatoms. The number of carbonyl (C=O) groups is 2. The second-order valence-corrected chi connectivity index (χ2v) is 8.36. The molecule has 0 radical (unpaired) electrons. The first-order valence-corrected chi connectivity index (χ1v) is 9.87. The van der Waals surface area contributed by atoms with Crippen molar-refractivity contribution in [3.8, 4) is 0 Å². The fourth-order valence-electron chi connectivity index (χ4n) is 3.90. The van der Waals surface area contributed by atoms with Gasteiger partial charge in [-0.2, -0.15) is 0 Å². The van der Waals surface area contributed by atoms with E-state index in [0.717, 1.165) is 0 Å². The van der Waals surface area contributed by atoms with Gasteiger partial charge >= 0.3 is 5.97 Å². The number of carbonyl (C=O) groups excluding carboxylic acids is 2. The molecule has 1 aromatic carbocycles. The summed E-state index contributed by atoms with van der Waals surface area (Å²) in [6, 6.07) is 6.66. The molecular weight excluding hydrogens is 363 g/mol. The van der Waals surface area contributed by atoms with Gasteiger partial charge in [-0.05, 0) is 24.5 Å². The number of hydrogen-bond donors (Lipinski definition) is 0. The van der Waals surface area contributed by atoms with Gasteiger partial charge in [0.05, 0.1) is 11.6 Å². The molecule has 1 amide bonds. The van der Waals surface area contributed by atoms with Crippen LogP contribution in [0.3, 0.4) is 0 Å². The quantitative estimate of drug-likeness (QED) is 0.721. The molecule has 2 aliphatic heterocycles. The number of nitrogens with zero attached hydrogens (tertiary/aromatic N) is 2. The van der Waals surface area contributed by atoms with Gasteiger partial charge in [0, 0.05) is 40.0 Å². The number of ether oxygens (including phenoxy) is 2. The molecule has 0 N–H and O–H groups in total. The minimum absolute atomic E-state index is 0.0958. The Balaban J connectivity index is 1.69. The molecule has 2 heterocycles. The van der Waals surface area contributed by atoms with Crippen molar-refractivity contribution >= 4 is 17.6 Å². The van der Waals surface area contributed by atoms with Crippen molar-refractivity contribution in [3.63, 3.8) is 0 Å². The molecule has 0 saturated carbocycles. The molecule has 6 nitrogen and oxygen atoms in total. The lowest BCUT2D eigenvalue weighted by molar-refractivity contribution is -0.163. The van der Waals surface area contributed by atoms with Crippen LogP contribution in [0.2, 0.25) is 0 Å². The number of piperazine rings is 1. The van der Waals surface area contributed by atoms with Crippen molar-refractivity contribution in [2.45, 2.75) is 46.0 Å². The van der Waals surface area contributed by atoms with Crippen LogP contribution in [0.25, 0.3) is 0 Å². The van der Waals surface area contributed by atoms with Gasteiger partial charge in [0.25, 0.3) is 0 Å². The van der Waals surface area contributed by atoms with Crippen LogP contribution in [0.4, 0.5) is 10.1 Å². The molecule has 0 bridgehead atoms.